The molecule has 34 heavy (non-hydrogen) atoms. The van der Waals surface area contributed by atoms with Crippen molar-refractivity contribution in [1.29, 1.82) is 0 Å². The molecular weight excluding hydrogens is 494 g/mol. The molecule has 1 aliphatic heterocycles. The number of amides is 1. The van der Waals surface area contributed by atoms with Crippen molar-refractivity contribution in [3.05, 3.63) is 69.7 Å². The number of rotatable bonds is 7. The van der Waals surface area contributed by atoms with Crippen LogP contribution in [0, 0.1) is 5.92 Å². The maximum Gasteiger partial charge on any atom is 0.416 e. The number of nitrogens with zero attached hydrogens (tertiary/aromatic N) is 1. The van der Waals surface area contributed by atoms with Crippen molar-refractivity contribution in [3.63, 3.8) is 0 Å². The SMILES string of the molecule is CC[C@@H]([C@H](O)C(F)(F)F)N1C(=O)[C@@H](CC(=O)O)C[C@H](c2cccc(Cl)c2)[C@H]1c1ccc(Cl)cc1. The maximum absolute atomic E-state index is 13.6. The average Bonchev–Trinajstić information content (AvgIpc) is 2.76. The Morgan fingerprint density at radius 2 is 1.76 bits per heavy atom. The van der Waals surface area contributed by atoms with Crippen LogP contribution >= 0.6 is 23.2 Å². The lowest BCUT2D eigenvalue weighted by molar-refractivity contribution is -0.226. The van der Waals surface area contributed by atoms with Gasteiger partial charge >= 0.3 is 12.1 Å². The minimum absolute atomic E-state index is 0.0911. The number of carbonyl (C=O) groups excluding carboxylic acids is 1. The molecule has 2 aromatic rings. The van der Waals surface area contributed by atoms with E-state index in [1.807, 2.05) is 0 Å². The Kier molecular flexibility index (Phi) is 8.16. The summed E-state index contributed by atoms with van der Waals surface area (Å²) in [6.45, 7) is 1.45. The zero-order chi connectivity index (χ0) is 25.2. The number of piperidine rings is 1. The van der Waals surface area contributed by atoms with Crippen LogP contribution in [-0.2, 0) is 9.59 Å². The number of aliphatic hydroxyl groups excluding tert-OH is 1. The summed E-state index contributed by atoms with van der Waals surface area (Å²) < 4.78 is 40.8. The molecule has 5 nitrogen and oxygen atoms in total. The number of halogens is 5. The number of aliphatic carboxylic acids is 1. The number of carbonyl (C=O) groups is 2. The Balaban J connectivity index is 2.23. The molecule has 0 radical (unpaired) electrons. The van der Waals surface area contributed by atoms with E-state index in [-0.39, 0.29) is 12.8 Å². The first-order valence-corrected chi connectivity index (χ1v) is 11.5. The number of benzene rings is 2. The number of aliphatic hydroxyl groups is 1. The lowest BCUT2D eigenvalue weighted by atomic mass is 9.74. The van der Waals surface area contributed by atoms with Crippen molar-refractivity contribution in [2.75, 3.05) is 0 Å². The molecule has 1 amide bonds. The molecule has 2 aromatic carbocycles. The summed E-state index contributed by atoms with van der Waals surface area (Å²) >= 11 is 12.2. The fourth-order valence-electron chi connectivity index (χ4n) is 4.73. The van der Waals surface area contributed by atoms with Gasteiger partial charge < -0.3 is 15.1 Å². The quantitative estimate of drug-likeness (QED) is 0.483. The molecule has 1 fully saturated rings. The zero-order valence-electron chi connectivity index (χ0n) is 18.2. The number of carboxylic acids is 1. The number of hydrogen-bond acceptors (Lipinski definition) is 3. The molecule has 0 spiro atoms. The fourth-order valence-corrected chi connectivity index (χ4v) is 5.05. The second kappa shape index (κ2) is 10.5. The highest BCUT2D eigenvalue weighted by molar-refractivity contribution is 6.30. The summed E-state index contributed by atoms with van der Waals surface area (Å²) in [7, 11) is 0. The van der Waals surface area contributed by atoms with E-state index in [1.165, 1.54) is 6.92 Å². The Hall–Kier alpha value is -2.29. The molecule has 3 rings (SSSR count). The highest BCUT2D eigenvalue weighted by Crippen LogP contribution is 2.48. The lowest BCUT2D eigenvalue weighted by Crippen LogP contribution is -2.58. The predicted molar refractivity (Wildman–Crippen MR) is 122 cm³/mol. The predicted octanol–water partition coefficient (Wildman–Crippen LogP) is 5.84. The second-order valence-corrected chi connectivity index (χ2v) is 9.27. The minimum Gasteiger partial charge on any atom is -0.481 e. The van der Waals surface area contributed by atoms with Gasteiger partial charge in [-0.2, -0.15) is 13.2 Å². The van der Waals surface area contributed by atoms with E-state index in [0.29, 0.717) is 21.2 Å². The van der Waals surface area contributed by atoms with Crippen molar-refractivity contribution < 1.29 is 33.0 Å². The molecule has 0 bridgehead atoms. The van der Waals surface area contributed by atoms with Gasteiger partial charge in [0.15, 0.2) is 6.10 Å². The molecule has 0 unspecified atom stereocenters. The third-order valence-electron chi connectivity index (χ3n) is 6.21. The first-order chi connectivity index (χ1) is 15.9. The number of carboxylic acid groups (broad SMARTS) is 1. The Morgan fingerprint density at radius 1 is 1.12 bits per heavy atom. The number of alkyl halides is 3. The van der Waals surface area contributed by atoms with Gasteiger partial charge in [0.25, 0.3) is 0 Å². The first-order valence-electron chi connectivity index (χ1n) is 10.7. The van der Waals surface area contributed by atoms with E-state index in [0.717, 1.165) is 4.90 Å². The fraction of sp³-hybridized carbons (Fsp3) is 0.417. The summed E-state index contributed by atoms with van der Waals surface area (Å²) in [5.41, 5.74) is 1.17. The standard InChI is InChI=1S/C24H24Cl2F3NO4/c1-2-19(22(33)24(27,28)29)30-21(13-6-8-16(25)9-7-13)18(14-4-3-5-17(26)10-14)11-15(23(30)34)12-20(31)32/h3-10,15,18-19,21-22,33H,2,11-12H2,1H3,(H,31,32)/t15-,18-,19+,21-,22+/m1/s1. The average molecular weight is 518 g/mol. The number of hydrogen-bond donors (Lipinski definition) is 2. The van der Waals surface area contributed by atoms with Gasteiger partial charge in [0.05, 0.1) is 18.5 Å². The van der Waals surface area contributed by atoms with Crippen molar-refractivity contribution in [2.24, 2.45) is 5.92 Å². The molecule has 1 saturated heterocycles. The van der Waals surface area contributed by atoms with Crippen LogP contribution in [0.5, 0.6) is 0 Å². The van der Waals surface area contributed by atoms with Gasteiger partial charge in [-0.05, 0) is 48.2 Å². The van der Waals surface area contributed by atoms with E-state index in [1.54, 1.807) is 48.5 Å². The van der Waals surface area contributed by atoms with Crippen LogP contribution in [0.15, 0.2) is 48.5 Å². The van der Waals surface area contributed by atoms with Gasteiger partial charge in [-0.25, -0.2) is 0 Å². The van der Waals surface area contributed by atoms with E-state index in [2.05, 4.69) is 0 Å². The van der Waals surface area contributed by atoms with Gasteiger partial charge in [-0.1, -0.05) is 54.4 Å². The van der Waals surface area contributed by atoms with Crippen LogP contribution in [0.3, 0.4) is 0 Å². The molecule has 0 saturated carbocycles. The minimum atomic E-state index is -4.98. The van der Waals surface area contributed by atoms with Gasteiger partial charge in [0.2, 0.25) is 5.91 Å². The first kappa shape index (κ1) is 26.3. The monoisotopic (exact) mass is 517 g/mol. The van der Waals surface area contributed by atoms with Crippen molar-refractivity contribution in [3.8, 4) is 0 Å². The molecule has 0 aliphatic carbocycles. The van der Waals surface area contributed by atoms with Crippen molar-refractivity contribution >= 4 is 35.1 Å². The molecule has 1 aliphatic rings. The third kappa shape index (κ3) is 5.67. The topological polar surface area (TPSA) is 77.8 Å². The molecule has 10 heteroatoms. The van der Waals surface area contributed by atoms with E-state index in [4.69, 9.17) is 23.2 Å². The van der Waals surface area contributed by atoms with Crippen LogP contribution in [0.2, 0.25) is 10.0 Å². The van der Waals surface area contributed by atoms with Crippen molar-refractivity contribution in [2.45, 2.75) is 56.5 Å². The smallest absolute Gasteiger partial charge is 0.416 e. The highest BCUT2D eigenvalue weighted by atomic mass is 35.5. The van der Waals surface area contributed by atoms with Gasteiger partial charge in [-0.15, -0.1) is 0 Å². The van der Waals surface area contributed by atoms with Crippen LogP contribution in [-0.4, -0.2) is 45.3 Å². The molecule has 5 atom stereocenters. The van der Waals surface area contributed by atoms with Crippen LogP contribution in [0.4, 0.5) is 13.2 Å². The molecule has 1 heterocycles. The normalized spacial score (nSPS) is 23.0. The largest absolute Gasteiger partial charge is 0.481 e. The number of likely N-dealkylation sites (tertiary alicyclic amines) is 1. The van der Waals surface area contributed by atoms with Crippen LogP contribution in [0.25, 0.3) is 0 Å². The summed E-state index contributed by atoms with van der Waals surface area (Å²) in [5.74, 6) is -3.62. The van der Waals surface area contributed by atoms with Crippen LogP contribution in [0.1, 0.15) is 49.3 Å². The van der Waals surface area contributed by atoms with Crippen molar-refractivity contribution in [1.82, 2.24) is 4.90 Å². The summed E-state index contributed by atoms with van der Waals surface area (Å²) in [6.07, 6.45) is -8.43. The Labute approximate surface area is 205 Å². The summed E-state index contributed by atoms with van der Waals surface area (Å²) in [6, 6.07) is 10.6. The van der Waals surface area contributed by atoms with Gasteiger partial charge in [-0.3, -0.25) is 9.59 Å². The van der Waals surface area contributed by atoms with Gasteiger partial charge in [0.1, 0.15) is 0 Å². The lowest BCUT2D eigenvalue weighted by Gasteiger charge is -2.49. The molecular formula is C24H24Cl2F3NO4. The molecule has 184 valence electrons. The zero-order valence-corrected chi connectivity index (χ0v) is 19.7. The second-order valence-electron chi connectivity index (χ2n) is 8.40. The molecule has 0 aromatic heterocycles. The van der Waals surface area contributed by atoms with E-state index < -0.39 is 54.5 Å². The molecule has 2 N–H and O–H groups in total. The third-order valence-corrected chi connectivity index (χ3v) is 6.69. The Bertz CT molecular complexity index is 1030. The van der Waals surface area contributed by atoms with E-state index in [9.17, 15) is 33.0 Å². The van der Waals surface area contributed by atoms with Gasteiger partial charge in [0, 0.05) is 21.9 Å². The summed E-state index contributed by atoms with van der Waals surface area (Å²) in [4.78, 5) is 26.1. The summed E-state index contributed by atoms with van der Waals surface area (Å²) in [5, 5.41) is 20.4. The van der Waals surface area contributed by atoms with Crippen LogP contribution < -0.4 is 0 Å². The maximum atomic E-state index is 13.6. The van der Waals surface area contributed by atoms with E-state index >= 15 is 0 Å². The Morgan fingerprint density at radius 3 is 2.29 bits per heavy atom. The highest BCUT2D eigenvalue weighted by Gasteiger charge is 2.52.